The number of fused-ring (bicyclic) bond motifs is 1. The average Bonchev–Trinajstić information content (AvgIpc) is 3.38. The molecule has 1 aliphatic rings. The Morgan fingerprint density at radius 1 is 1.24 bits per heavy atom. The van der Waals surface area contributed by atoms with Gasteiger partial charge < -0.3 is 9.73 Å². The topological polar surface area (TPSA) is 68.0 Å². The molecule has 0 saturated carbocycles. The van der Waals surface area contributed by atoms with Gasteiger partial charge in [0.1, 0.15) is 5.76 Å². The molecule has 0 amide bonds. The molecule has 128 valence electrons. The molecular formula is C18H17N3O2S2. The van der Waals surface area contributed by atoms with Crippen LogP contribution in [0.3, 0.4) is 0 Å². The molecule has 7 heteroatoms. The van der Waals surface area contributed by atoms with Crippen LogP contribution < -0.4 is 5.32 Å². The molecule has 3 aromatic rings. The van der Waals surface area contributed by atoms with Gasteiger partial charge in [0.2, 0.25) is 5.13 Å². The number of hydrogen-bond acceptors (Lipinski definition) is 7. The van der Waals surface area contributed by atoms with Crippen LogP contribution in [0.5, 0.6) is 0 Å². The minimum atomic E-state index is 0.139. The summed E-state index contributed by atoms with van der Waals surface area (Å²) >= 11 is 2.88. The van der Waals surface area contributed by atoms with E-state index in [-0.39, 0.29) is 5.78 Å². The van der Waals surface area contributed by atoms with Crippen molar-refractivity contribution in [2.24, 2.45) is 0 Å². The van der Waals surface area contributed by atoms with Crippen molar-refractivity contribution < 1.29 is 9.21 Å². The zero-order valence-corrected chi connectivity index (χ0v) is 15.2. The standard InChI is InChI=1S/C18H17N3O2S2/c22-16(14-7-6-12-3-1-4-13(12)9-14)11-24-18-21-20-17(25-18)19-10-15-5-2-8-23-15/h2,5-9H,1,3-4,10-11H2,(H,19,20). The summed E-state index contributed by atoms with van der Waals surface area (Å²) in [4.78, 5) is 12.4. The van der Waals surface area contributed by atoms with Crippen LogP contribution in [0.4, 0.5) is 5.13 Å². The molecule has 1 aromatic carbocycles. The number of Topliss-reactive ketones (excluding diaryl/α,β-unsaturated/α-hetero) is 1. The van der Waals surface area contributed by atoms with Gasteiger partial charge in [0.25, 0.3) is 0 Å². The zero-order valence-electron chi connectivity index (χ0n) is 13.5. The van der Waals surface area contributed by atoms with Gasteiger partial charge in [0.05, 0.1) is 18.6 Å². The van der Waals surface area contributed by atoms with Gasteiger partial charge in [-0.3, -0.25) is 4.79 Å². The van der Waals surface area contributed by atoms with Crippen LogP contribution in [0.15, 0.2) is 45.4 Å². The molecule has 0 atom stereocenters. The molecule has 0 saturated heterocycles. The third kappa shape index (κ3) is 3.93. The quantitative estimate of drug-likeness (QED) is 0.496. The number of benzene rings is 1. The molecular weight excluding hydrogens is 354 g/mol. The average molecular weight is 371 g/mol. The Kier molecular flexibility index (Phi) is 4.85. The van der Waals surface area contributed by atoms with Crippen molar-refractivity contribution in [2.75, 3.05) is 11.1 Å². The van der Waals surface area contributed by atoms with Gasteiger partial charge in [-0.05, 0) is 48.6 Å². The fourth-order valence-electron chi connectivity index (χ4n) is 2.87. The summed E-state index contributed by atoms with van der Waals surface area (Å²) in [5.74, 6) is 1.36. The number of rotatable bonds is 7. The predicted octanol–water partition coefficient (Wildman–Crippen LogP) is 4.21. The van der Waals surface area contributed by atoms with E-state index in [1.165, 1.54) is 40.6 Å². The number of ketones is 1. The Labute approximate surface area is 153 Å². The van der Waals surface area contributed by atoms with Crippen LogP contribution in [0.2, 0.25) is 0 Å². The summed E-state index contributed by atoms with van der Waals surface area (Å²) in [6, 6.07) is 9.86. The van der Waals surface area contributed by atoms with Gasteiger partial charge in [-0.2, -0.15) is 0 Å². The number of nitrogens with one attached hydrogen (secondary N) is 1. The summed E-state index contributed by atoms with van der Waals surface area (Å²) < 4.78 is 6.05. The first-order chi connectivity index (χ1) is 12.3. The fraction of sp³-hybridized carbons (Fsp3) is 0.278. The van der Waals surface area contributed by atoms with Crippen LogP contribution in [-0.4, -0.2) is 21.7 Å². The molecule has 0 spiro atoms. The number of nitrogens with zero attached hydrogens (tertiary/aromatic N) is 2. The summed E-state index contributed by atoms with van der Waals surface area (Å²) in [6.45, 7) is 0.570. The summed E-state index contributed by atoms with van der Waals surface area (Å²) in [5.41, 5.74) is 3.52. The molecule has 2 heterocycles. The maximum atomic E-state index is 12.4. The Morgan fingerprint density at radius 2 is 2.16 bits per heavy atom. The molecule has 25 heavy (non-hydrogen) atoms. The van der Waals surface area contributed by atoms with Gasteiger partial charge in [0, 0.05) is 5.56 Å². The number of carbonyl (C=O) groups is 1. The Hall–Kier alpha value is -2.12. The van der Waals surface area contributed by atoms with Crippen molar-refractivity contribution in [3.63, 3.8) is 0 Å². The molecule has 0 radical (unpaired) electrons. The van der Waals surface area contributed by atoms with Crippen molar-refractivity contribution in [2.45, 2.75) is 30.1 Å². The normalized spacial score (nSPS) is 13.0. The SMILES string of the molecule is O=C(CSc1nnc(NCc2ccco2)s1)c1ccc2c(c1)CCC2. The van der Waals surface area contributed by atoms with Crippen molar-refractivity contribution in [3.8, 4) is 0 Å². The zero-order chi connectivity index (χ0) is 17.1. The first kappa shape index (κ1) is 16.4. The van der Waals surface area contributed by atoms with Crippen LogP contribution >= 0.6 is 23.1 Å². The van der Waals surface area contributed by atoms with Crippen molar-refractivity contribution >= 4 is 34.0 Å². The number of hydrogen-bond donors (Lipinski definition) is 1. The molecule has 0 fully saturated rings. The minimum Gasteiger partial charge on any atom is -0.467 e. The largest absolute Gasteiger partial charge is 0.467 e. The lowest BCUT2D eigenvalue weighted by Crippen LogP contribution is -2.03. The highest BCUT2D eigenvalue weighted by Gasteiger charge is 2.15. The number of anilines is 1. The number of aryl methyl sites for hydroxylation is 2. The lowest BCUT2D eigenvalue weighted by Gasteiger charge is -2.03. The first-order valence-corrected chi connectivity index (χ1v) is 9.96. The molecule has 1 N–H and O–H groups in total. The van der Waals surface area contributed by atoms with Gasteiger partial charge in [-0.1, -0.05) is 35.2 Å². The van der Waals surface area contributed by atoms with Gasteiger partial charge in [0.15, 0.2) is 10.1 Å². The van der Waals surface area contributed by atoms with E-state index in [0.29, 0.717) is 12.3 Å². The number of thioether (sulfide) groups is 1. The molecule has 0 aliphatic heterocycles. The third-order valence-electron chi connectivity index (χ3n) is 4.15. The van der Waals surface area contributed by atoms with E-state index in [1.54, 1.807) is 6.26 Å². The Bertz CT molecular complexity index is 874. The van der Waals surface area contributed by atoms with Crippen molar-refractivity contribution in [1.82, 2.24) is 10.2 Å². The maximum absolute atomic E-state index is 12.4. The van der Waals surface area contributed by atoms with Crippen LogP contribution in [-0.2, 0) is 19.4 Å². The molecule has 1 aliphatic carbocycles. The molecule has 5 nitrogen and oxygen atoms in total. The highest BCUT2D eigenvalue weighted by Crippen LogP contribution is 2.27. The van der Waals surface area contributed by atoms with Gasteiger partial charge in [-0.15, -0.1) is 10.2 Å². The van der Waals surface area contributed by atoms with Gasteiger partial charge in [-0.25, -0.2) is 0 Å². The smallest absolute Gasteiger partial charge is 0.206 e. The summed E-state index contributed by atoms with van der Waals surface area (Å²) in [6.07, 6.45) is 5.06. The molecule has 0 unspecified atom stereocenters. The van der Waals surface area contributed by atoms with Crippen LogP contribution in [0, 0.1) is 0 Å². The van der Waals surface area contributed by atoms with Gasteiger partial charge >= 0.3 is 0 Å². The van der Waals surface area contributed by atoms with E-state index < -0.39 is 0 Å². The highest BCUT2D eigenvalue weighted by atomic mass is 32.2. The second-order valence-corrected chi connectivity index (χ2v) is 8.05. The number of carbonyl (C=O) groups excluding carboxylic acids is 1. The lowest BCUT2D eigenvalue weighted by molar-refractivity contribution is 0.102. The second kappa shape index (κ2) is 7.41. The third-order valence-corrected chi connectivity index (χ3v) is 6.16. The summed E-state index contributed by atoms with van der Waals surface area (Å²) in [5, 5.41) is 12.1. The number of furan rings is 1. The minimum absolute atomic E-state index is 0.139. The number of aromatic nitrogens is 2. The van der Waals surface area contributed by atoms with Crippen LogP contribution in [0.25, 0.3) is 0 Å². The monoisotopic (exact) mass is 371 g/mol. The lowest BCUT2D eigenvalue weighted by atomic mass is 10.0. The molecule has 0 bridgehead atoms. The van der Waals surface area contributed by atoms with Crippen LogP contribution in [0.1, 0.15) is 33.7 Å². The highest BCUT2D eigenvalue weighted by molar-refractivity contribution is 8.01. The van der Waals surface area contributed by atoms with E-state index in [9.17, 15) is 4.79 Å². The molecule has 2 aromatic heterocycles. The van der Waals surface area contributed by atoms with E-state index in [1.807, 2.05) is 18.2 Å². The van der Waals surface area contributed by atoms with E-state index >= 15 is 0 Å². The maximum Gasteiger partial charge on any atom is 0.206 e. The van der Waals surface area contributed by atoms with Crippen molar-refractivity contribution in [3.05, 3.63) is 59.0 Å². The Balaban J connectivity index is 1.31. The van der Waals surface area contributed by atoms with Crippen molar-refractivity contribution in [1.29, 1.82) is 0 Å². The first-order valence-electron chi connectivity index (χ1n) is 8.15. The van der Waals surface area contributed by atoms with E-state index in [2.05, 4.69) is 27.6 Å². The fourth-order valence-corrected chi connectivity index (χ4v) is 4.51. The van der Waals surface area contributed by atoms with E-state index in [0.717, 1.165) is 33.6 Å². The van der Waals surface area contributed by atoms with E-state index in [4.69, 9.17) is 4.42 Å². The summed E-state index contributed by atoms with van der Waals surface area (Å²) in [7, 11) is 0. The Morgan fingerprint density at radius 3 is 3.04 bits per heavy atom. The molecule has 4 rings (SSSR count). The predicted molar refractivity (Wildman–Crippen MR) is 99.5 cm³/mol. The second-order valence-electron chi connectivity index (χ2n) is 5.85.